The zero-order chi connectivity index (χ0) is 39.9. The molecular formula is C37H42N4O14. The molecule has 2 aliphatic heterocycles. The quantitative estimate of drug-likeness (QED) is 0.0388. The number of methoxy groups -OCH3 is 1. The first-order valence-electron chi connectivity index (χ1n) is 17.7. The fraction of sp³-hybridized carbons (Fsp3) is 0.459. The van der Waals surface area contributed by atoms with E-state index < -0.39 is 113 Å². The van der Waals surface area contributed by atoms with Crippen molar-refractivity contribution in [2.75, 3.05) is 20.3 Å². The number of benzene rings is 2. The van der Waals surface area contributed by atoms with Gasteiger partial charge in [-0.2, -0.15) is 5.53 Å². The molecule has 2 heterocycles. The highest BCUT2D eigenvalue weighted by Gasteiger charge is 2.51. The van der Waals surface area contributed by atoms with Gasteiger partial charge >= 0.3 is 0 Å². The zero-order valence-electron chi connectivity index (χ0n) is 30.0. The number of carbonyl (C=O) groups excluding carboxylic acids is 6. The predicted molar refractivity (Wildman–Crippen MR) is 186 cm³/mol. The minimum atomic E-state index is -2.38. The Morgan fingerprint density at radius 3 is 2.38 bits per heavy atom. The van der Waals surface area contributed by atoms with Crippen molar-refractivity contribution in [3.63, 3.8) is 0 Å². The molecule has 6 rings (SSSR count). The van der Waals surface area contributed by atoms with Crippen LogP contribution in [-0.4, -0.2) is 121 Å². The molecule has 18 heteroatoms. The normalized spacial score (nSPS) is 25.8. The molecule has 6 atom stereocenters. The lowest BCUT2D eigenvalue weighted by Crippen LogP contribution is -2.62. The number of ketones is 3. The van der Waals surface area contributed by atoms with Gasteiger partial charge in [-0.15, -0.1) is 0 Å². The molecule has 4 unspecified atom stereocenters. The Balaban J connectivity index is 1.26. The summed E-state index contributed by atoms with van der Waals surface area (Å²) in [7, 11) is 1.29. The molecule has 0 aromatic heterocycles. The third kappa shape index (κ3) is 7.01. The number of imide groups is 1. The fourth-order valence-electron chi connectivity index (χ4n) is 7.80. The number of nitrogens with zero attached hydrogens (tertiary/aromatic N) is 2. The second-order valence-corrected chi connectivity index (χ2v) is 13.9. The number of unbranched alkanes of at least 4 members (excludes halogenated alkanes) is 2. The van der Waals surface area contributed by atoms with E-state index in [1.165, 1.54) is 44.4 Å². The van der Waals surface area contributed by atoms with Gasteiger partial charge < -0.3 is 39.7 Å². The van der Waals surface area contributed by atoms with Gasteiger partial charge in [-0.25, -0.2) is 0 Å². The molecule has 4 aliphatic rings. The lowest BCUT2D eigenvalue weighted by Gasteiger charge is -2.45. The number of hydrogen-bond acceptors (Lipinski definition) is 16. The number of fused-ring (bicyclic) bond motifs is 3. The van der Waals surface area contributed by atoms with Gasteiger partial charge in [0.15, 0.2) is 17.9 Å². The molecule has 2 aromatic rings. The number of hydrogen-bond donors (Lipinski definition) is 7. The highest BCUT2D eigenvalue weighted by molar-refractivity contribution is 6.31. The van der Waals surface area contributed by atoms with E-state index in [1.54, 1.807) is 0 Å². The predicted octanol–water partition coefficient (Wildman–Crippen LogP) is -0.265. The average Bonchev–Trinajstić information content (AvgIpc) is 3.48. The Bertz CT molecular complexity index is 1960. The first kappa shape index (κ1) is 39.6. The molecule has 18 nitrogen and oxygen atoms in total. The summed E-state index contributed by atoms with van der Waals surface area (Å²) in [6.45, 7) is 0.590. The number of phenols is 2. The van der Waals surface area contributed by atoms with Crippen LogP contribution in [0.15, 0.2) is 30.4 Å². The second kappa shape index (κ2) is 15.6. The molecule has 55 heavy (non-hydrogen) atoms. The molecule has 8 N–H and O–H groups in total. The van der Waals surface area contributed by atoms with Gasteiger partial charge in [-0.05, 0) is 25.8 Å². The van der Waals surface area contributed by atoms with Crippen molar-refractivity contribution in [3.05, 3.63) is 63.7 Å². The van der Waals surface area contributed by atoms with Gasteiger partial charge in [0.2, 0.25) is 11.7 Å². The number of phenolic OH excluding ortho intramolecular Hbond substituents is 2. The largest absolute Gasteiger partial charge is 0.507 e. The summed E-state index contributed by atoms with van der Waals surface area (Å²) >= 11 is 0. The van der Waals surface area contributed by atoms with Crippen LogP contribution in [0.3, 0.4) is 0 Å². The number of carbonyl (C=O) groups is 6. The molecule has 1 saturated heterocycles. The van der Waals surface area contributed by atoms with Crippen molar-refractivity contribution in [1.29, 1.82) is 0 Å². The number of aliphatic hydroxyl groups is 3. The Morgan fingerprint density at radius 1 is 1.04 bits per heavy atom. The van der Waals surface area contributed by atoms with E-state index in [0.29, 0.717) is 19.3 Å². The van der Waals surface area contributed by atoms with Gasteiger partial charge in [0.1, 0.15) is 35.6 Å². The summed E-state index contributed by atoms with van der Waals surface area (Å²) in [6, 6.07) is 3.21. The molecule has 0 radical (unpaired) electrons. The van der Waals surface area contributed by atoms with Gasteiger partial charge in [0, 0.05) is 61.1 Å². The molecule has 1 fully saturated rings. The number of aliphatic hydroxyl groups excluding tert-OH is 2. The maximum atomic E-state index is 13.9. The van der Waals surface area contributed by atoms with Crippen molar-refractivity contribution in [2.45, 2.75) is 88.1 Å². The molecule has 0 saturated carbocycles. The molecule has 0 bridgehead atoms. The summed E-state index contributed by atoms with van der Waals surface area (Å²) in [5.74, 6) is 0.252. The molecule has 2 aromatic carbocycles. The van der Waals surface area contributed by atoms with Gasteiger partial charge in [-0.1, -0.05) is 18.6 Å². The van der Waals surface area contributed by atoms with Crippen LogP contribution in [0.5, 0.6) is 17.2 Å². The SMILES string of the molecule is COc1cccc2c1C(=O)c1c(O)c3c(c(O)c1C2=O)C[C@@](O)(C(=O)CO)C[C@@H]3OC1CC(N(NN)C(=O)CCCCCN2C(=O)C=CC2=O)C(O)C(C)O1. The van der Waals surface area contributed by atoms with Crippen molar-refractivity contribution >= 4 is 35.1 Å². The van der Waals surface area contributed by atoms with Gasteiger partial charge in [-0.3, -0.25) is 44.5 Å². The second-order valence-electron chi connectivity index (χ2n) is 13.9. The van der Waals surface area contributed by atoms with E-state index in [4.69, 9.17) is 20.1 Å². The standard InChI is InChI=1S/C37H42N4O14/c1-17-32(47)20(41(39-38)26(46)9-4-3-5-12-40-24(44)10-11-25(40)45)13-27(54-17)55-22-15-37(52,23(43)16-42)14-19-29(22)36(51)31-30(34(19)49)33(48)18-7-6-8-21(53-2)28(18)35(31)50/h6-8,10-11,17,20,22,27,32,39,42,47,49,51-52H,3-5,9,12-16,38H2,1-2H3/t17?,20?,22-,27?,32?,37-/m0/s1. The van der Waals surface area contributed by atoms with Crippen molar-refractivity contribution in [3.8, 4) is 17.2 Å². The summed E-state index contributed by atoms with van der Waals surface area (Å²) in [4.78, 5) is 78.7. The number of Topliss-reactive ketones (excluding diaryl/α,β-unsaturated/α-hetero) is 1. The monoisotopic (exact) mass is 766 g/mol. The Hall–Kier alpha value is -5.08. The van der Waals surface area contributed by atoms with Crippen molar-refractivity contribution in [1.82, 2.24) is 15.4 Å². The first-order chi connectivity index (χ1) is 26.2. The van der Waals surface area contributed by atoms with Crippen LogP contribution in [0.4, 0.5) is 0 Å². The number of hydrazine groups is 2. The minimum absolute atomic E-state index is 0.0282. The van der Waals surface area contributed by atoms with Crippen molar-refractivity contribution < 1.29 is 68.5 Å². The summed E-state index contributed by atoms with van der Waals surface area (Å²) in [6.07, 6.45) is -2.99. The van der Waals surface area contributed by atoms with E-state index in [0.717, 1.165) is 9.91 Å². The Morgan fingerprint density at radius 2 is 1.73 bits per heavy atom. The number of aromatic hydroxyl groups is 2. The van der Waals surface area contributed by atoms with Crippen LogP contribution in [0.2, 0.25) is 0 Å². The topological polar surface area (TPSA) is 276 Å². The van der Waals surface area contributed by atoms with E-state index >= 15 is 0 Å². The molecular weight excluding hydrogens is 724 g/mol. The average molecular weight is 767 g/mol. The minimum Gasteiger partial charge on any atom is -0.507 e. The highest BCUT2D eigenvalue weighted by atomic mass is 16.7. The van der Waals surface area contributed by atoms with Crippen LogP contribution in [-0.2, 0) is 35.1 Å². The lowest BCUT2D eigenvalue weighted by atomic mass is 9.72. The highest BCUT2D eigenvalue weighted by Crippen LogP contribution is 2.52. The Kier molecular flexibility index (Phi) is 11.2. The third-order valence-corrected chi connectivity index (χ3v) is 10.6. The van der Waals surface area contributed by atoms with Gasteiger partial charge in [0.25, 0.3) is 11.8 Å². The number of rotatable bonds is 13. The molecule has 294 valence electrons. The number of amides is 3. The van der Waals surface area contributed by atoms with E-state index in [2.05, 4.69) is 5.53 Å². The Labute approximate surface area is 314 Å². The van der Waals surface area contributed by atoms with Crippen LogP contribution in [0, 0.1) is 0 Å². The summed E-state index contributed by atoms with van der Waals surface area (Å²) in [5.41, 5.74) is -1.91. The maximum absolute atomic E-state index is 13.9. The molecule has 2 aliphatic carbocycles. The van der Waals surface area contributed by atoms with Crippen LogP contribution >= 0.6 is 0 Å². The van der Waals surface area contributed by atoms with Crippen LogP contribution in [0.25, 0.3) is 0 Å². The first-order valence-corrected chi connectivity index (χ1v) is 17.7. The smallest absolute Gasteiger partial charge is 0.253 e. The van der Waals surface area contributed by atoms with E-state index in [1.807, 2.05) is 0 Å². The fourth-order valence-corrected chi connectivity index (χ4v) is 7.80. The van der Waals surface area contributed by atoms with E-state index in [-0.39, 0.29) is 47.4 Å². The maximum Gasteiger partial charge on any atom is 0.253 e. The van der Waals surface area contributed by atoms with E-state index in [9.17, 15) is 54.3 Å². The third-order valence-electron chi connectivity index (χ3n) is 10.6. The molecule has 0 spiro atoms. The molecule has 3 amide bonds. The van der Waals surface area contributed by atoms with Crippen molar-refractivity contribution in [2.24, 2.45) is 5.84 Å². The summed E-state index contributed by atoms with van der Waals surface area (Å²) < 4.78 is 17.5. The number of nitrogens with one attached hydrogen (secondary N) is 1. The lowest BCUT2D eigenvalue weighted by molar-refractivity contribution is -0.260. The van der Waals surface area contributed by atoms with Gasteiger partial charge in [0.05, 0.1) is 42.0 Å². The number of nitrogens with two attached hydrogens (primary N) is 1. The number of ether oxygens (including phenoxy) is 3. The summed E-state index contributed by atoms with van der Waals surface area (Å²) in [5, 5.41) is 56.8. The van der Waals surface area contributed by atoms with Crippen LogP contribution < -0.4 is 16.1 Å². The van der Waals surface area contributed by atoms with Crippen LogP contribution in [0.1, 0.15) is 94.5 Å². The zero-order valence-corrected chi connectivity index (χ0v) is 30.0.